The molecule has 4 heteroatoms. The van der Waals surface area contributed by atoms with Crippen LogP contribution in [-0.2, 0) is 0 Å². The van der Waals surface area contributed by atoms with E-state index in [0.717, 1.165) is 38.4 Å². The molecule has 0 aromatic heterocycles. The van der Waals surface area contributed by atoms with Gasteiger partial charge in [-0.25, -0.2) is 0 Å². The first-order valence-corrected chi connectivity index (χ1v) is 10.5. The highest BCUT2D eigenvalue weighted by atomic mass is 16.3. The van der Waals surface area contributed by atoms with E-state index < -0.39 is 0 Å². The summed E-state index contributed by atoms with van der Waals surface area (Å²) in [6, 6.07) is 0.816. The molecule has 2 N–H and O–H groups in total. The minimum absolute atomic E-state index is 0.00231. The van der Waals surface area contributed by atoms with Crippen LogP contribution in [0.4, 0.5) is 0 Å². The quantitative estimate of drug-likeness (QED) is 0.825. The largest absolute Gasteiger partial charge is 0.377 e. The van der Waals surface area contributed by atoms with Gasteiger partial charge >= 0.3 is 0 Å². The van der Waals surface area contributed by atoms with Crippen molar-refractivity contribution in [1.82, 2.24) is 15.1 Å². The molecule has 2 aliphatic heterocycles. The van der Waals surface area contributed by atoms with E-state index in [2.05, 4.69) is 40.3 Å². The summed E-state index contributed by atoms with van der Waals surface area (Å²) in [4.78, 5) is 5.25. The molecule has 0 bridgehead atoms. The van der Waals surface area contributed by atoms with Gasteiger partial charge in [-0.15, -0.1) is 0 Å². The molecular formula is C21H35N3O. The van der Waals surface area contributed by atoms with Crippen LogP contribution < -0.4 is 5.32 Å². The molecule has 0 amide bonds. The molecule has 4 nitrogen and oxygen atoms in total. The van der Waals surface area contributed by atoms with Crippen LogP contribution in [0.5, 0.6) is 0 Å². The fraction of sp³-hybridized carbons (Fsp3) is 0.810. The van der Waals surface area contributed by atoms with Gasteiger partial charge in [0, 0.05) is 32.2 Å². The van der Waals surface area contributed by atoms with Gasteiger partial charge in [0.1, 0.15) is 6.23 Å². The monoisotopic (exact) mass is 345 g/mol. The summed E-state index contributed by atoms with van der Waals surface area (Å²) < 4.78 is 0. The number of aliphatic hydroxyl groups excluding tert-OH is 1. The summed E-state index contributed by atoms with van der Waals surface area (Å²) in [5, 5.41) is 13.8. The number of β-amino-alcohol motifs (C(OH)–C–C–N with tert-alkyl or cyclic N) is 1. The van der Waals surface area contributed by atoms with Crippen molar-refractivity contribution in [2.24, 2.45) is 5.92 Å². The standard InChI is InChI=1S/C21H35N3O/c1-17-7-9-18(10-8-17)15-24-16-20(25)22-21(24)11-13-23(14-12-21)19-5-3-2-4-6-19/h7,9-10,17,19-20,22,25H,2-6,8,11-16H2,1H3. The molecule has 2 heterocycles. The maximum absolute atomic E-state index is 10.3. The lowest BCUT2D eigenvalue weighted by molar-refractivity contribution is 0.0171. The van der Waals surface area contributed by atoms with Crippen molar-refractivity contribution in [2.75, 3.05) is 26.2 Å². The molecule has 4 aliphatic rings. The van der Waals surface area contributed by atoms with Crippen LogP contribution in [0, 0.1) is 5.92 Å². The second-order valence-corrected chi connectivity index (χ2v) is 8.75. The van der Waals surface area contributed by atoms with Crippen LogP contribution in [0.3, 0.4) is 0 Å². The number of allylic oxidation sites excluding steroid dienone is 2. The minimum atomic E-state index is -0.381. The highest BCUT2D eigenvalue weighted by Crippen LogP contribution is 2.35. The predicted octanol–water partition coefficient (Wildman–Crippen LogP) is 2.86. The van der Waals surface area contributed by atoms with Gasteiger partial charge in [0.15, 0.2) is 0 Å². The van der Waals surface area contributed by atoms with Gasteiger partial charge in [0.2, 0.25) is 0 Å². The van der Waals surface area contributed by atoms with E-state index >= 15 is 0 Å². The Labute approximate surface area is 152 Å². The molecule has 0 radical (unpaired) electrons. The zero-order valence-electron chi connectivity index (χ0n) is 15.8. The van der Waals surface area contributed by atoms with Crippen molar-refractivity contribution in [3.8, 4) is 0 Å². The Morgan fingerprint density at radius 1 is 1.20 bits per heavy atom. The van der Waals surface area contributed by atoms with E-state index in [1.807, 2.05) is 0 Å². The average Bonchev–Trinajstić information content (AvgIpc) is 2.93. The third-order valence-corrected chi connectivity index (χ3v) is 6.91. The lowest BCUT2D eigenvalue weighted by Gasteiger charge is -2.47. The van der Waals surface area contributed by atoms with E-state index in [9.17, 15) is 5.11 Å². The molecule has 1 spiro atoms. The Bertz CT molecular complexity index is 515. The molecule has 1 saturated carbocycles. The molecule has 2 saturated heterocycles. The maximum Gasteiger partial charge on any atom is 0.119 e. The average molecular weight is 346 g/mol. The minimum Gasteiger partial charge on any atom is -0.377 e. The highest BCUT2D eigenvalue weighted by Gasteiger charge is 2.46. The SMILES string of the molecule is CC1C=CC(CN2CC(O)NC23CCN(C2CCCCC2)CC3)=CC1. The fourth-order valence-corrected chi connectivity index (χ4v) is 5.32. The van der Waals surface area contributed by atoms with Gasteiger partial charge in [0.25, 0.3) is 0 Å². The van der Waals surface area contributed by atoms with Gasteiger partial charge in [-0.05, 0) is 43.6 Å². The summed E-state index contributed by atoms with van der Waals surface area (Å²) in [7, 11) is 0. The van der Waals surface area contributed by atoms with Crippen molar-refractivity contribution >= 4 is 0 Å². The Hall–Kier alpha value is -0.680. The van der Waals surface area contributed by atoms with E-state index in [1.54, 1.807) is 0 Å². The Balaban J connectivity index is 1.39. The first-order chi connectivity index (χ1) is 12.1. The first-order valence-electron chi connectivity index (χ1n) is 10.5. The Kier molecular flexibility index (Phi) is 5.33. The Morgan fingerprint density at radius 3 is 2.64 bits per heavy atom. The number of piperidine rings is 1. The molecule has 3 fully saturated rings. The number of aliphatic hydroxyl groups is 1. The third kappa shape index (κ3) is 3.87. The van der Waals surface area contributed by atoms with E-state index in [0.29, 0.717) is 5.92 Å². The molecule has 0 aromatic rings. The number of nitrogens with one attached hydrogen (secondary N) is 1. The van der Waals surface area contributed by atoms with E-state index in [4.69, 9.17) is 0 Å². The maximum atomic E-state index is 10.3. The van der Waals surface area contributed by atoms with Gasteiger partial charge in [-0.1, -0.05) is 44.4 Å². The van der Waals surface area contributed by atoms with Crippen LogP contribution in [-0.4, -0.2) is 59.0 Å². The van der Waals surface area contributed by atoms with E-state index in [1.165, 1.54) is 50.8 Å². The summed E-state index contributed by atoms with van der Waals surface area (Å²) in [6.07, 6.45) is 17.1. The second-order valence-electron chi connectivity index (χ2n) is 8.75. The fourth-order valence-electron chi connectivity index (χ4n) is 5.32. The van der Waals surface area contributed by atoms with Gasteiger partial charge in [-0.2, -0.15) is 0 Å². The highest BCUT2D eigenvalue weighted by molar-refractivity contribution is 5.25. The Morgan fingerprint density at radius 2 is 1.96 bits per heavy atom. The third-order valence-electron chi connectivity index (χ3n) is 6.91. The smallest absolute Gasteiger partial charge is 0.119 e. The molecule has 0 aromatic carbocycles. The summed E-state index contributed by atoms with van der Waals surface area (Å²) in [5.41, 5.74) is 1.42. The van der Waals surface area contributed by atoms with Crippen molar-refractivity contribution in [3.05, 3.63) is 23.8 Å². The van der Waals surface area contributed by atoms with Crippen LogP contribution in [0.25, 0.3) is 0 Å². The van der Waals surface area contributed by atoms with Crippen molar-refractivity contribution in [1.29, 1.82) is 0 Å². The van der Waals surface area contributed by atoms with Crippen molar-refractivity contribution < 1.29 is 5.11 Å². The normalized spacial score (nSPS) is 34.6. The molecule has 25 heavy (non-hydrogen) atoms. The molecule has 2 unspecified atom stereocenters. The number of hydrogen-bond acceptors (Lipinski definition) is 4. The molecule has 140 valence electrons. The zero-order valence-corrected chi connectivity index (χ0v) is 15.8. The molecular weight excluding hydrogens is 310 g/mol. The van der Waals surface area contributed by atoms with Gasteiger partial charge in [-0.3, -0.25) is 10.2 Å². The summed E-state index contributed by atoms with van der Waals surface area (Å²) in [6.45, 7) is 6.34. The lowest BCUT2D eigenvalue weighted by atomic mass is 9.89. The zero-order chi connectivity index (χ0) is 17.3. The van der Waals surface area contributed by atoms with Crippen LogP contribution >= 0.6 is 0 Å². The molecule has 2 atom stereocenters. The number of hydrogen-bond donors (Lipinski definition) is 2. The summed E-state index contributed by atoms with van der Waals surface area (Å²) >= 11 is 0. The van der Waals surface area contributed by atoms with Gasteiger partial charge in [0.05, 0.1) is 5.66 Å². The molecule has 4 rings (SSSR count). The van der Waals surface area contributed by atoms with Crippen LogP contribution in [0.1, 0.15) is 58.3 Å². The topological polar surface area (TPSA) is 38.7 Å². The first kappa shape index (κ1) is 17.7. The van der Waals surface area contributed by atoms with Crippen molar-refractivity contribution in [2.45, 2.75) is 76.2 Å². The van der Waals surface area contributed by atoms with E-state index in [-0.39, 0.29) is 11.9 Å². The second kappa shape index (κ2) is 7.51. The molecule has 2 aliphatic carbocycles. The van der Waals surface area contributed by atoms with Crippen LogP contribution in [0.15, 0.2) is 23.8 Å². The predicted molar refractivity (Wildman–Crippen MR) is 102 cm³/mol. The summed E-state index contributed by atoms with van der Waals surface area (Å²) in [5.74, 6) is 0.665. The van der Waals surface area contributed by atoms with Gasteiger partial charge < -0.3 is 10.0 Å². The number of rotatable bonds is 3. The van der Waals surface area contributed by atoms with Crippen molar-refractivity contribution in [3.63, 3.8) is 0 Å². The lowest BCUT2D eigenvalue weighted by Crippen LogP contribution is -2.60. The number of nitrogens with zero attached hydrogens (tertiary/aromatic N) is 2. The number of likely N-dealkylation sites (tertiary alicyclic amines) is 1. The van der Waals surface area contributed by atoms with Crippen LogP contribution in [0.2, 0.25) is 0 Å².